The SMILES string of the molecule is COc1ccc([C@@]23CCC(=N)C=C2N(C)CC3)cc1OC. The van der Waals surface area contributed by atoms with Crippen molar-refractivity contribution in [1.82, 2.24) is 4.90 Å². The summed E-state index contributed by atoms with van der Waals surface area (Å²) in [5.41, 5.74) is 3.29. The third-order valence-electron chi connectivity index (χ3n) is 4.84. The zero-order valence-corrected chi connectivity index (χ0v) is 12.9. The minimum absolute atomic E-state index is 0.0266. The molecule has 4 heteroatoms. The summed E-state index contributed by atoms with van der Waals surface area (Å²) in [7, 11) is 5.45. The van der Waals surface area contributed by atoms with Gasteiger partial charge >= 0.3 is 0 Å². The summed E-state index contributed by atoms with van der Waals surface area (Å²) >= 11 is 0. The lowest BCUT2D eigenvalue weighted by Gasteiger charge is -2.36. The van der Waals surface area contributed by atoms with Crippen molar-refractivity contribution in [2.75, 3.05) is 27.8 Å². The summed E-state index contributed by atoms with van der Waals surface area (Å²) in [6, 6.07) is 6.23. The predicted octanol–water partition coefficient (Wildman–Crippen LogP) is 2.97. The van der Waals surface area contributed by atoms with E-state index in [1.54, 1.807) is 14.2 Å². The molecule has 0 amide bonds. The molecule has 1 heterocycles. The maximum absolute atomic E-state index is 7.97. The summed E-state index contributed by atoms with van der Waals surface area (Å²) in [6.45, 7) is 1.04. The van der Waals surface area contributed by atoms with E-state index >= 15 is 0 Å². The van der Waals surface area contributed by atoms with Gasteiger partial charge in [0.25, 0.3) is 0 Å². The Labute approximate surface area is 125 Å². The fourth-order valence-electron chi connectivity index (χ4n) is 3.63. The van der Waals surface area contributed by atoms with Crippen LogP contribution in [-0.4, -0.2) is 38.4 Å². The lowest BCUT2D eigenvalue weighted by molar-refractivity contribution is 0.352. The quantitative estimate of drug-likeness (QED) is 0.929. The van der Waals surface area contributed by atoms with E-state index in [2.05, 4.69) is 24.1 Å². The maximum Gasteiger partial charge on any atom is 0.161 e. The first-order chi connectivity index (χ1) is 10.1. The Balaban J connectivity index is 2.10. The number of hydrogen-bond donors (Lipinski definition) is 1. The van der Waals surface area contributed by atoms with E-state index in [1.807, 2.05) is 12.1 Å². The molecule has 0 unspecified atom stereocenters. The molecule has 1 aliphatic heterocycles. The zero-order valence-electron chi connectivity index (χ0n) is 12.9. The van der Waals surface area contributed by atoms with E-state index in [9.17, 15) is 0 Å². The monoisotopic (exact) mass is 286 g/mol. The Kier molecular flexibility index (Phi) is 3.40. The topological polar surface area (TPSA) is 45.5 Å². The third kappa shape index (κ3) is 2.09. The zero-order chi connectivity index (χ0) is 15.0. The van der Waals surface area contributed by atoms with E-state index < -0.39 is 0 Å². The molecule has 1 saturated heterocycles. The van der Waals surface area contributed by atoms with Crippen LogP contribution in [-0.2, 0) is 5.41 Å². The largest absolute Gasteiger partial charge is 0.493 e. The number of nitrogens with zero attached hydrogens (tertiary/aromatic N) is 1. The number of allylic oxidation sites excluding steroid dienone is 2. The van der Waals surface area contributed by atoms with Crippen molar-refractivity contribution in [2.24, 2.45) is 0 Å². The number of rotatable bonds is 3. The molecular weight excluding hydrogens is 264 g/mol. The third-order valence-corrected chi connectivity index (χ3v) is 4.84. The molecule has 21 heavy (non-hydrogen) atoms. The van der Waals surface area contributed by atoms with E-state index in [4.69, 9.17) is 14.9 Å². The van der Waals surface area contributed by atoms with Crippen LogP contribution >= 0.6 is 0 Å². The van der Waals surface area contributed by atoms with Crippen LogP contribution in [0.1, 0.15) is 24.8 Å². The van der Waals surface area contributed by atoms with Crippen LogP contribution < -0.4 is 9.47 Å². The first-order valence-electron chi connectivity index (χ1n) is 7.34. The molecule has 1 aromatic carbocycles. The highest BCUT2D eigenvalue weighted by Crippen LogP contribution is 2.49. The molecule has 0 saturated carbocycles. The van der Waals surface area contributed by atoms with E-state index in [0.717, 1.165) is 43.0 Å². The maximum atomic E-state index is 7.97. The molecule has 1 aromatic rings. The van der Waals surface area contributed by atoms with E-state index in [0.29, 0.717) is 0 Å². The van der Waals surface area contributed by atoms with Crippen molar-refractivity contribution in [2.45, 2.75) is 24.7 Å². The fraction of sp³-hybridized carbons (Fsp3) is 0.471. The second kappa shape index (κ2) is 5.10. The number of ether oxygens (including phenoxy) is 2. The normalized spacial score (nSPS) is 24.6. The average Bonchev–Trinajstić information content (AvgIpc) is 2.85. The summed E-state index contributed by atoms with van der Waals surface area (Å²) in [4.78, 5) is 2.28. The molecule has 0 radical (unpaired) electrons. The summed E-state index contributed by atoms with van der Waals surface area (Å²) in [6.07, 6.45) is 4.98. The fourth-order valence-corrected chi connectivity index (χ4v) is 3.63. The first kappa shape index (κ1) is 14.0. The van der Waals surface area contributed by atoms with Gasteiger partial charge in [0.2, 0.25) is 0 Å². The first-order valence-corrected chi connectivity index (χ1v) is 7.34. The smallest absolute Gasteiger partial charge is 0.161 e. The molecule has 0 bridgehead atoms. The number of nitrogens with one attached hydrogen (secondary N) is 1. The van der Waals surface area contributed by atoms with Crippen LogP contribution in [0.4, 0.5) is 0 Å². The molecule has 1 N–H and O–H groups in total. The van der Waals surface area contributed by atoms with Gasteiger partial charge in [0, 0.05) is 30.4 Å². The molecule has 1 aliphatic carbocycles. The van der Waals surface area contributed by atoms with Crippen molar-refractivity contribution in [3.63, 3.8) is 0 Å². The van der Waals surface area contributed by atoms with Gasteiger partial charge in [-0.25, -0.2) is 0 Å². The number of benzene rings is 1. The van der Waals surface area contributed by atoms with Crippen LogP contribution in [0.2, 0.25) is 0 Å². The minimum Gasteiger partial charge on any atom is -0.493 e. The van der Waals surface area contributed by atoms with Gasteiger partial charge in [-0.05, 0) is 43.0 Å². The van der Waals surface area contributed by atoms with Crippen molar-refractivity contribution in [3.05, 3.63) is 35.5 Å². The molecule has 0 spiro atoms. The Morgan fingerprint density at radius 1 is 1.14 bits per heavy atom. The summed E-state index contributed by atoms with van der Waals surface area (Å²) < 4.78 is 10.8. The Bertz CT molecular complexity index is 609. The lowest BCUT2D eigenvalue weighted by atomic mass is 9.70. The molecular formula is C17H22N2O2. The van der Waals surface area contributed by atoms with Crippen molar-refractivity contribution < 1.29 is 9.47 Å². The van der Waals surface area contributed by atoms with Crippen LogP contribution in [0.15, 0.2) is 30.0 Å². The number of likely N-dealkylation sites (tertiary alicyclic amines) is 1. The molecule has 1 fully saturated rings. The highest BCUT2D eigenvalue weighted by Gasteiger charge is 2.45. The second-order valence-corrected chi connectivity index (χ2v) is 5.88. The Morgan fingerprint density at radius 3 is 2.62 bits per heavy atom. The lowest BCUT2D eigenvalue weighted by Crippen LogP contribution is -2.32. The van der Waals surface area contributed by atoms with Crippen LogP contribution in [0.5, 0.6) is 11.5 Å². The summed E-state index contributed by atoms with van der Waals surface area (Å²) in [5.74, 6) is 1.54. The van der Waals surface area contributed by atoms with E-state index in [-0.39, 0.29) is 5.41 Å². The van der Waals surface area contributed by atoms with Gasteiger partial charge < -0.3 is 19.8 Å². The highest BCUT2D eigenvalue weighted by molar-refractivity contribution is 5.94. The molecule has 1 atom stereocenters. The van der Waals surface area contributed by atoms with Crippen molar-refractivity contribution in [1.29, 1.82) is 5.41 Å². The number of methoxy groups -OCH3 is 2. The van der Waals surface area contributed by atoms with Crippen LogP contribution in [0, 0.1) is 5.41 Å². The molecule has 112 valence electrons. The van der Waals surface area contributed by atoms with Gasteiger partial charge in [-0.1, -0.05) is 6.07 Å². The number of likely N-dealkylation sites (N-methyl/N-ethyl adjacent to an activating group) is 1. The molecule has 2 aliphatic rings. The molecule has 3 rings (SSSR count). The van der Waals surface area contributed by atoms with Gasteiger partial charge in [-0.15, -0.1) is 0 Å². The van der Waals surface area contributed by atoms with Crippen LogP contribution in [0.25, 0.3) is 0 Å². The minimum atomic E-state index is 0.0266. The van der Waals surface area contributed by atoms with Gasteiger partial charge in [0.05, 0.1) is 14.2 Å². The summed E-state index contributed by atoms with van der Waals surface area (Å²) in [5, 5.41) is 7.97. The van der Waals surface area contributed by atoms with Gasteiger partial charge in [-0.2, -0.15) is 0 Å². The van der Waals surface area contributed by atoms with Gasteiger partial charge in [-0.3, -0.25) is 0 Å². The number of fused-ring (bicyclic) bond motifs is 1. The van der Waals surface area contributed by atoms with Gasteiger partial charge in [0.1, 0.15) is 0 Å². The Hall–Kier alpha value is -1.97. The van der Waals surface area contributed by atoms with Crippen molar-refractivity contribution in [3.8, 4) is 11.5 Å². The number of hydrogen-bond acceptors (Lipinski definition) is 4. The van der Waals surface area contributed by atoms with Crippen molar-refractivity contribution >= 4 is 5.71 Å². The molecule has 4 nitrogen and oxygen atoms in total. The van der Waals surface area contributed by atoms with E-state index in [1.165, 1.54) is 11.3 Å². The standard InChI is InChI=1S/C17H22N2O2/c1-19-9-8-17(7-6-13(18)11-16(17)19)12-4-5-14(20-2)15(10-12)21-3/h4-5,10-11,18H,6-9H2,1-3H3/t17-/m0/s1. The van der Waals surface area contributed by atoms with Crippen LogP contribution in [0.3, 0.4) is 0 Å². The molecule has 0 aromatic heterocycles. The average molecular weight is 286 g/mol. The predicted molar refractivity (Wildman–Crippen MR) is 83.5 cm³/mol. The highest BCUT2D eigenvalue weighted by atomic mass is 16.5. The Morgan fingerprint density at radius 2 is 1.90 bits per heavy atom. The second-order valence-electron chi connectivity index (χ2n) is 5.88. The van der Waals surface area contributed by atoms with Gasteiger partial charge in [0.15, 0.2) is 11.5 Å².